The minimum atomic E-state index is -0.763. The molecule has 0 bridgehead atoms. The summed E-state index contributed by atoms with van der Waals surface area (Å²) >= 11 is 1.18. The number of rotatable bonds is 7. The second-order valence-electron chi connectivity index (χ2n) is 9.87. The lowest BCUT2D eigenvalue weighted by molar-refractivity contribution is -0.384. The first-order valence-corrected chi connectivity index (χ1v) is 14.1. The van der Waals surface area contributed by atoms with Crippen LogP contribution in [0.25, 0.3) is 6.08 Å². The second-order valence-corrected chi connectivity index (χ2v) is 10.9. The normalized spacial score (nSPS) is 17.7. The maximum absolute atomic E-state index is 14.0. The molecule has 2 aromatic carbocycles. The van der Waals surface area contributed by atoms with Crippen LogP contribution in [0.15, 0.2) is 63.5 Å². The van der Waals surface area contributed by atoms with Gasteiger partial charge in [-0.3, -0.25) is 19.5 Å². The van der Waals surface area contributed by atoms with Crippen LogP contribution in [-0.2, 0) is 9.53 Å². The Hall–Kier alpha value is -4.29. The number of carbonyl (C=O) groups excluding carboxylic acids is 1. The smallest absolute Gasteiger partial charge is 0.338 e. The minimum absolute atomic E-state index is 0.0570. The molecule has 11 nitrogen and oxygen atoms in total. The summed E-state index contributed by atoms with van der Waals surface area (Å²) in [6, 6.07) is 11.1. The first kappa shape index (κ1) is 28.2. The topological polar surface area (TPSA) is 120 Å². The number of hydrogen-bond donors (Lipinski definition) is 0. The number of benzene rings is 2. The molecular weight excluding hydrogens is 546 g/mol. The fourth-order valence-electron chi connectivity index (χ4n) is 5.14. The summed E-state index contributed by atoms with van der Waals surface area (Å²) in [5, 5.41) is 11.6. The molecule has 1 atom stereocenters. The van der Waals surface area contributed by atoms with Gasteiger partial charge < -0.3 is 19.3 Å². The third-order valence-electron chi connectivity index (χ3n) is 7.30. The Bertz CT molecular complexity index is 1700. The van der Waals surface area contributed by atoms with E-state index in [1.807, 2.05) is 12.1 Å². The van der Waals surface area contributed by atoms with E-state index in [1.54, 1.807) is 45.2 Å². The standard InChI is InChI=1S/C29H31N5O6S/c1-5-40-28(36)25-18(2)30-29-33(26(25)19-6-9-22(39-4)10-7-19)27(35)24(41-29)17-20-16-21(34(37)38)8-11-23(20)32-14-12-31(3)13-15-32/h6-11,16-17,26H,5,12-15H2,1-4H3/t26-/m0/s1. The molecule has 0 spiro atoms. The lowest BCUT2D eigenvalue weighted by Crippen LogP contribution is -2.44. The SMILES string of the molecule is CCOC(=O)C1=C(C)N=c2sc(=Cc3cc([N+](=O)[O-])ccc3N3CCN(C)CC3)c(=O)n2[C@H]1c1ccc(OC)cc1. The molecule has 41 heavy (non-hydrogen) atoms. The summed E-state index contributed by atoms with van der Waals surface area (Å²) in [6.45, 7) is 6.87. The summed E-state index contributed by atoms with van der Waals surface area (Å²) in [6.07, 6.45) is 1.69. The van der Waals surface area contributed by atoms with E-state index in [0.29, 0.717) is 31.9 Å². The third-order valence-corrected chi connectivity index (χ3v) is 8.28. The minimum Gasteiger partial charge on any atom is -0.497 e. The molecule has 0 saturated carbocycles. The maximum Gasteiger partial charge on any atom is 0.338 e. The van der Waals surface area contributed by atoms with Gasteiger partial charge in [0.15, 0.2) is 4.80 Å². The van der Waals surface area contributed by atoms with Gasteiger partial charge in [-0.1, -0.05) is 23.5 Å². The number of nitro benzene ring substituents is 1. The van der Waals surface area contributed by atoms with Crippen molar-refractivity contribution in [2.75, 3.05) is 51.8 Å². The number of esters is 1. The molecule has 0 aliphatic carbocycles. The lowest BCUT2D eigenvalue weighted by Gasteiger charge is -2.34. The molecule has 5 rings (SSSR count). The predicted molar refractivity (Wildman–Crippen MR) is 156 cm³/mol. The highest BCUT2D eigenvalue weighted by atomic mass is 32.1. The summed E-state index contributed by atoms with van der Waals surface area (Å²) in [4.78, 5) is 47.8. The number of hydrogen-bond acceptors (Lipinski definition) is 10. The molecule has 1 saturated heterocycles. The van der Waals surface area contributed by atoms with E-state index in [1.165, 1.54) is 28.0 Å². The maximum atomic E-state index is 14.0. The van der Waals surface area contributed by atoms with E-state index in [4.69, 9.17) is 9.47 Å². The van der Waals surface area contributed by atoms with Crippen molar-refractivity contribution in [2.45, 2.75) is 19.9 Å². The van der Waals surface area contributed by atoms with E-state index in [9.17, 15) is 19.7 Å². The van der Waals surface area contributed by atoms with Gasteiger partial charge in [0.1, 0.15) is 5.75 Å². The summed E-state index contributed by atoms with van der Waals surface area (Å²) < 4.78 is 12.5. The van der Waals surface area contributed by atoms with Gasteiger partial charge in [-0.25, -0.2) is 9.79 Å². The molecule has 0 radical (unpaired) electrons. The highest BCUT2D eigenvalue weighted by Gasteiger charge is 2.33. The average molecular weight is 578 g/mol. The summed E-state index contributed by atoms with van der Waals surface area (Å²) in [5.41, 5.74) is 2.44. The van der Waals surface area contributed by atoms with Crippen molar-refractivity contribution in [2.24, 2.45) is 4.99 Å². The Morgan fingerprint density at radius 2 is 1.88 bits per heavy atom. The number of likely N-dealkylation sites (N-methyl/N-ethyl adjacent to an activating group) is 1. The number of non-ortho nitro benzene ring substituents is 1. The Morgan fingerprint density at radius 3 is 2.51 bits per heavy atom. The number of methoxy groups -OCH3 is 1. The van der Waals surface area contributed by atoms with Crippen LogP contribution in [-0.4, -0.2) is 67.3 Å². The highest BCUT2D eigenvalue weighted by molar-refractivity contribution is 7.07. The van der Waals surface area contributed by atoms with Gasteiger partial charge >= 0.3 is 5.97 Å². The highest BCUT2D eigenvalue weighted by Crippen LogP contribution is 2.32. The number of carbonyl (C=O) groups is 1. The third kappa shape index (κ3) is 5.52. The first-order valence-electron chi connectivity index (χ1n) is 13.3. The van der Waals surface area contributed by atoms with Gasteiger partial charge in [0.05, 0.1) is 40.5 Å². The van der Waals surface area contributed by atoms with Crippen molar-refractivity contribution in [3.63, 3.8) is 0 Å². The van der Waals surface area contributed by atoms with E-state index >= 15 is 0 Å². The van der Waals surface area contributed by atoms with Crippen LogP contribution in [0.5, 0.6) is 5.75 Å². The molecule has 3 heterocycles. The zero-order valence-electron chi connectivity index (χ0n) is 23.3. The number of thiazole rings is 1. The summed E-state index contributed by atoms with van der Waals surface area (Å²) in [5.74, 6) is 0.0986. The largest absolute Gasteiger partial charge is 0.497 e. The molecule has 12 heteroatoms. The van der Waals surface area contributed by atoms with Crippen molar-refractivity contribution in [1.29, 1.82) is 0 Å². The second kappa shape index (κ2) is 11.7. The Balaban J connectivity index is 1.69. The lowest BCUT2D eigenvalue weighted by atomic mass is 9.96. The van der Waals surface area contributed by atoms with Crippen LogP contribution in [0.2, 0.25) is 0 Å². The fraction of sp³-hybridized carbons (Fsp3) is 0.345. The van der Waals surface area contributed by atoms with Crippen LogP contribution in [0.4, 0.5) is 11.4 Å². The zero-order valence-corrected chi connectivity index (χ0v) is 24.1. The number of aromatic nitrogens is 1. The van der Waals surface area contributed by atoms with Gasteiger partial charge in [-0.05, 0) is 50.7 Å². The van der Waals surface area contributed by atoms with Crippen molar-refractivity contribution in [3.8, 4) is 5.75 Å². The molecule has 2 aliphatic rings. The van der Waals surface area contributed by atoms with E-state index in [0.717, 1.165) is 31.9 Å². The van der Waals surface area contributed by atoms with Crippen LogP contribution in [0.1, 0.15) is 31.0 Å². The average Bonchev–Trinajstić information content (AvgIpc) is 3.26. The monoisotopic (exact) mass is 577 g/mol. The Kier molecular flexibility index (Phi) is 8.04. The number of piperazine rings is 1. The van der Waals surface area contributed by atoms with E-state index in [-0.39, 0.29) is 23.4 Å². The quantitative estimate of drug-likeness (QED) is 0.239. The summed E-state index contributed by atoms with van der Waals surface area (Å²) in [7, 11) is 3.62. The Labute approximate surface area is 240 Å². The Morgan fingerprint density at radius 1 is 1.17 bits per heavy atom. The van der Waals surface area contributed by atoms with Crippen LogP contribution >= 0.6 is 11.3 Å². The van der Waals surface area contributed by atoms with E-state index < -0.39 is 16.9 Å². The number of allylic oxidation sites excluding steroid dienone is 1. The van der Waals surface area contributed by atoms with Crippen molar-refractivity contribution in [3.05, 3.63) is 94.7 Å². The molecule has 3 aromatic rings. The fourth-order valence-corrected chi connectivity index (χ4v) is 6.18. The van der Waals surface area contributed by atoms with Crippen LogP contribution in [0, 0.1) is 10.1 Å². The molecule has 1 aromatic heterocycles. The zero-order chi connectivity index (χ0) is 29.3. The van der Waals surface area contributed by atoms with Gasteiger partial charge in [0.25, 0.3) is 11.2 Å². The molecule has 0 unspecified atom stereocenters. The molecular formula is C29H31N5O6S. The van der Waals surface area contributed by atoms with Gasteiger partial charge in [0, 0.05) is 49.6 Å². The number of nitrogens with zero attached hydrogens (tertiary/aromatic N) is 5. The predicted octanol–water partition coefficient (Wildman–Crippen LogP) is 2.47. The van der Waals surface area contributed by atoms with E-state index in [2.05, 4.69) is 21.8 Å². The molecule has 214 valence electrons. The van der Waals surface area contributed by atoms with Gasteiger partial charge in [-0.2, -0.15) is 0 Å². The van der Waals surface area contributed by atoms with Crippen LogP contribution in [0.3, 0.4) is 0 Å². The van der Waals surface area contributed by atoms with Gasteiger partial charge in [0.2, 0.25) is 0 Å². The molecule has 1 fully saturated rings. The first-order chi connectivity index (χ1) is 19.7. The molecule has 0 N–H and O–H groups in total. The van der Waals surface area contributed by atoms with Crippen molar-refractivity contribution in [1.82, 2.24) is 9.47 Å². The van der Waals surface area contributed by atoms with Crippen molar-refractivity contribution < 1.29 is 19.2 Å². The number of anilines is 1. The van der Waals surface area contributed by atoms with Gasteiger partial charge in [-0.15, -0.1) is 0 Å². The number of nitro groups is 1. The van der Waals surface area contributed by atoms with Crippen LogP contribution < -0.4 is 24.5 Å². The number of fused-ring (bicyclic) bond motifs is 1. The molecule has 2 aliphatic heterocycles. The number of ether oxygens (including phenoxy) is 2. The van der Waals surface area contributed by atoms with Crippen molar-refractivity contribution >= 4 is 34.8 Å². The molecule has 0 amide bonds.